The Balaban J connectivity index is 1.83. The number of nitrogens with one attached hydrogen (secondary N) is 2. The van der Waals surface area contributed by atoms with Crippen molar-refractivity contribution in [1.82, 2.24) is 10.2 Å². The summed E-state index contributed by atoms with van der Waals surface area (Å²) in [5, 5.41) is 5.53. The molecule has 2 N–H and O–H groups in total. The van der Waals surface area contributed by atoms with Crippen LogP contribution in [0.2, 0.25) is 0 Å². The van der Waals surface area contributed by atoms with Gasteiger partial charge in [-0.3, -0.25) is 9.59 Å². The number of likely N-dealkylation sites (N-methyl/N-ethyl adjacent to an activating group) is 1. The van der Waals surface area contributed by atoms with Crippen LogP contribution in [0.3, 0.4) is 0 Å². The van der Waals surface area contributed by atoms with Gasteiger partial charge >= 0.3 is 12.4 Å². The molecule has 0 amide bonds. The van der Waals surface area contributed by atoms with Crippen LogP contribution in [0.4, 0.5) is 32.0 Å². The number of halogens is 6. The first-order valence-corrected chi connectivity index (χ1v) is 9.85. The topological polar surface area (TPSA) is 61.4 Å². The van der Waals surface area contributed by atoms with Crippen LogP contribution >= 0.6 is 0 Å². The third-order valence-electron chi connectivity index (χ3n) is 5.84. The molecule has 0 bridgehead atoms. The molecule has 2 aliphatic rings. The quantitative estimate of drug-likeness (QED) is 0.530. The number of anilines is 1. The molecule has 2 unspecified atom stereocenters. The summed E-state index contributed by atoms with van der Waals surface area (Å²) in [7, 11) is 3.77. The highest BCUT2D eigenvalue weighted by Crippen LogP contribution is 2.38. The normalized spacial score (nSPS) is 27.4. The molecule has 11 heteroatoms. The van der Waals surface area contributed by atoms with Crippen LogP contribution in [-0.4, -0.2) is 54.7 Å². The third kappa shape index (κ3) is 5.03. The van der Waals surface area contributed by atoms with E-state index in [9.17, 15) is 35.9 Å². The molecular formula is C20H23F6N3O2. The Morgan fingerprint density at radius 2 is 1.35 bits per heavy atom. The van der Waals surface area contributed by atoms with Crippen LogP contribution in [0.1, 0.15) is 36.8 Å². The Morgan fingerprint density at radius 1 is 0.839 bits per heavy atom. The number of benzene rings is 1. The van der Waals surface area contributed by atoms with E-state index in [4.69, 9.17) is 0 Å². The number of hydrogen-bond donors (Lipinski definition) is 2. The number of Topliss-reactive ketones (excluding diaryl/α,β-unsaturated/α-hetero) is 2. The predicted molar refractivity (Wildman–Crippen MR) is 101 cm³/mol. The molecule has 3 rings (SSSR count). The lowest BCUT2D eigenvalue weighted by molar-refractivity contribution is -0.146. The second-order valence-corrected chi connectivity index (χ2v) is 8.21. The second-order valence-electron chi connectivity index (χ2n) is 8.21. The fraction of sp³-hybridized carbons (Fsp3) is 0.600. The lowest BCUT2D eigenvalue weighted by atomic mass is 9.80. The van der Waals surface area contributed by atoms with Gasteiger partial charge in [0.2, 0.25) is 11.6 Å². The van der Waals surface area contributed by atoms with Gasteiger partial charge in [0, 0.05) is 17.8 Å². The van der Waals surface area contributed by atoms with Crippen molar-refractivity contribution >= 4 is 17.3 Å². The monoisotopic (exact) mass is 451 g/mol. The molecule has 4 atom stereocenters. The summed E-state index contributed by atoms with van der Waals surface area (Å²) in [4.78, 5) is 26.2. The molecule has 1 aromatic carbocycles. The van der Waals surface area contributed by atoms with Crippen LogP contribution < -0.4 is 10.6 Å². The summed E-state index contributed by atoms with van der Waals surface area (Å²) in [6, 6.07) is -1.25. The van der Waals surface area contributed by atoms with Crippen LogP contribution in [0.15, 0.2) is 18.2 Å². The van der Waals surface area contributed by atoms with E-state index in [2.05, 4.69) is 10.6 Å². The molecule has 172 valence electrons. The maximum absolute atomic E-state index is 13.1. The van der Waals surface area contributed by atoms with Gasteiger partial charge in [-0.25, -0.2) is 0 Å². The number of nitrogens with zero attached hydrogens (tertiary/aromatic N) is 1. The second kappa shape index (κ2) is 8.42. The minimum absolute atomic E-state index is 0.0123. The van der Waals surface area contributed by atoms with Gasteiger partial charge in [-0.1, -0.05) is 12.8 Å². The number of carbonyl (C=O) groups excluding carboxylic acids is 2. The number of hydrogen-bond acceptors (Lipinski definition) is 5. The SMILES string of the molecule is CN(C)[C@@H]1CCCC[C@H]1NC1C(=O)C(=O)C1Nc1cc(C(F)(F)F)cc(C(F)(F)F)c1. The van der Waals surface area contributed by atoms with E-state index in [1.807, 2.05) is 19.0 Å². The van der Waals surface area contributed by atoms with Crippen LogP contribution in [0, 0.1) is 0 Å². The number of carbonyl (C=O) groups is 2. The molecule has 2 saturated carbocycles. The summed E-state index contributed by atoms with van der Waals surface area (Å²) >= 11 is 0. The molecule has 0 radical (unpaired) electrons. The summed E-state index contributed by atoms with van der Waals surface area (Å²) in [5.41, 5.74) is -3.51. The van der Waals surface area contributed by atoms with Crippen molar-refractivity contribution in [3.8, 4) is 0 Å². The number of alkyl halides is 6. The zero-order valence-corrected chi connectivity index (χ0v) is 16.9. The van der Waals surface area contributed by atoms with Gasteiger partial charge in [-0.05, 0) is 45.1 Å². The van der Waals surface area contributed by atoms with Crippen LogP contribution in [-0.2, 0) is 21.9 Å². The van der Waals surface area contributed by atoms with Crippen molar-refractivity contribution in [2.75, 3.05) is 19.4 Å². The zero-order valence-electron chi connectivity index (χ0n) is 16.9. The summed E-state index contributed by atoms with van der Waals surface area (Å²) in [6.45, 7) is 0. The molecule has 31 heavy (non-hydrogen) atoms. The van der Waals surface area contributed by atoms with Crippen molar-refractivity contribution in [2.45, 2.75) is 62.2 Å². The minimum atomic E-state index is -5.00. The van der Waals surface area contributed by atoms with E-state index in [1.54, 1.807) is 0 Å². The molecule has 2 fully saturated rings. The van der Waals surface area contributed by atoms with Gasteiger partial charge in [0.15, 0.2) is 0 Å². The largest absolute Gasteiger partial charge is 0.416 e. The highest BCUT2D eigenvalue weighted by Gasteiger charge is 2.51. The summed E-state index contributed by atoms with van der Waals surface area (Å²) in [5.74, 6) is -1.61. The molecule has 0 heterocycles. The molecule has 0 aromatic heterocycles. The molecule has 0 saturated heterocycles. The first-order valence-electron chi connectivity index (χ1n) is 9.85. The lowest BCUT2D eigenvalue weighted by Gasteiger charge is -2.43. The Kier molecular flexibility index (Phi) is 6.39. The van der Waals surface area contributed by atoms with E-state index in [0.717, 1.165) is 25.7 Å². The Hall–Kier alpha value is -2.14. The maximum Gasteiger partial charge on any atom is 0.416 e. The zero-order chi connectivity index (χ0) is 23.1. The average molecular weight is 451 g/mol. The Bertz CT molecular complexity index is 820. The van der Waals surface area contributed by atoms with Crippen molar-refractivity contribution in [2.24, 2.45) is 0 Å². The maximum atomic E-state index is 13.1. The smallest absolute Gasteiger partial charge is 0.373 e. The first-order chi connectivity index (χ1) is 14.3. The van der Waals surface area contributed by atoms with Gasteiger partial charge in [0.25, 0.3) is 0 Å². The first kappa shape index (κ1) is 23.5. The van der Waals surface area contributed by atoms with E-state index in [1.165, 1.54) is 0 Å². The van der Waals surface area contributed by atoms with Crippen molar-refractivity contribution in [3.63, 3.8) is 0 Å². The molecule has 1 aromatic rings. The minimum Gasteiger partial charge on any atom is -0.373 e. The number of ketones is 2. The van der Waals surface area contributed by atoms with Gasteiger partial charge in [0.1, 0.15) is 12.1 Å². The lowest BCUT2D eigenvalue weighted by Crippen LogP contribution is -2.70. The van der Waals surface area contributed by atoms with E-state index < -0.39 is 52.8 Å². The predicted octanol–water partition coefficient (Wildman–Crippen LogP) is 3.49. The molecule has 0 aliphatic heterocycles. The van der Waals surface area contributed by atoms with Crippen molar-refractivity contribution < 1.29 is 35.9 Å². The van der Waals surface area contributed by atoms with Crippen molar-refractivity contribution in [1.29, 1.82) is 0 Å². The number of rotatable bonds is 5. The Labute approximate surface area is 175 Å². The van der Waals surface area contributed by atoms with Crippen molar-refractivity contribution in [3.05, 3.63) is 29.3 Å². The summed E-state index contributed by atoms with van der Waals surface area (Å²) < 4.78 is 78.5. The average Bonchev–Trinajstić information content (AvgIpc) is 2.69. The van der Waals surface area contributed by atoms with Crippen LogP contribution in [0.5, 0.6) is 0 Å². The van der Waals surface area contributed by atoms with Gasteiger partial charge in [-0.15, -0.1) is 0 Å². The standard InChI is InChI=1S/C20H23F6N3O2/c1-29(2)14-6-4-3-5-13(14)28-16-15(17(30)18(16)31)27-12-8-10(19(21,22)23)7-11(9-12)20(24,25)26/h7-9,13-16,27-28H,3-6H2,1-2H3/t13-,14-,15?,16?/m1/s1. The fourth-order valence-corrected chi connectivity index (χ4v) is 4.21. The van der Waals surface area contributed by atoms with Crippen LogP contribution in [0.25, 0.3) is 0 Å². The van der Waals surface area contributed by atoms with E-state index in [-0.39, 0.29) is 18.2 Å². The van der Waals surface area contributed by atoms with Gasteiger partial charge in [-0.2, -0.15) is 26.3 Å². The molecular weight excluding hydrogens is 428 g/mol. The highest BCUT2D eigenvalue weighted by atomic mass is 19.4. The molecule has 2 aliphatic carbocycles. The third-order valence-corrected chi connectivity index (χ3v) is 5.84. The fourth-order valence-electron chi connectivity index (χ4n) is 4.21. The Morgan fingerprint density at radius 3 is 1.87 bits per heavy atom. The van der Waals surface area contributed by atoms with E-state index >= 15 is 0 Å². The molecule has 5 nitrogen and oxygen atoms in total. The summed E-state index contributed by atoms with van der Waals surface area (Å²) in [6.07, 6.45) is -6.47. The van der Waals surface area contributed by atoms with E-state index in [0.29, 0.717) is 12.1 Å². The van der Waals surface area contributed by atoms with Gasteiger partial charge in [0.05, 0.1) is 11.1 Å². The molecule has 0 spiro atoms. The van der Waals surface area contributed by atoms with Gasteiger partial charge < -0.3 is 15.5 Å². The highest BCUT2D eigenvalue weighted by molar-refractivity contribution is 6.49.